The van der Waals surface area contributed by atoms with Gasteiger partial charge in [0.2, 0.25) is 5.91 Å². The molecular weight excluding hydrogens is 336 g/mol. The Morgan fingerprint density at radius 2 is 1.85 bits per heavy atom. The molecule has 0 aliphatic rings. The number of amides is 1. The number of carbonyl (C=O) groups excluding carboxylic acids is 1. The predicted octanol–water partition coefficient (Wildman–Crippen LogP) is 3.37. The minimum absolute atomic E-state index is 0.00934. The van der Waals surface area contributed by atoms with Gasteiger partial charge < -0.3 is 14.4 Å². The van der Waals surface area contributed by atoms with Crippen LogP contribution in [0.25, 0.3) is 0 Å². The number of hydrogen-bond donors (Lipinski definition) is 0. The van der Waals surface area contributed by atoms with Crippen molar-refractivity contribution in [1.29, 1.82) is 0 Å². The van der Waals surface area contributed by atoms with E-state index in [2.05, 4.69) is 0 Å². The highest BCUT2D eigenvalue weighted by Gasteiger charge is 2.20. The summed E-state index contributed by atoms with van der Waals surface area (Å²) in [7, 11) is 4.78. The van der Waals surface area contributed by atoms with Crippen LogP contribution in [-0.2, 0) is 11.2 Å². The second kappa shape index (κ2) is 8.33. The molecule has 0 heterocycles. The van der Waals surface area contributed by atoms with Crippen molar-refractivity contribution in [3.63, 3.8) is 0 Å². The maximum atomic E-state index is 12.6. The third-order valence-electron chi connectivity index (χ3n) is 4.34. The molecule has 2 aromatic carbocycles. The molecule has 0 radical (unpaired) electrons. The molecule has 7 heteroatoms. The zero-order chi connectivity index (χ0) is 19.3. The molecule has 2 rings (SSSR count). The molecule has 0 spiro atoms. The minimum atomic E-state index is -0.443. The fourth-order valence-corrected chi connectivity index (χ4v) is 2.63. The molecule has 7 nitrogen and oxygen atoms in total. The van der Waals surface area contributed by atoms with Crippen LogP contribution in [0.15, 0.2) is 42.5 Å². The third-order valence-corrected chi connectivity index (χ3v) is 4.34. The summed E-state index contributed by atoms with van der Waals surface area (Å²) in [5.41, 5.74) is 1.52. The summed E-state index contributed by atoms with van der Waals surface area (Å²) < 4.78 is 10.5. The van der Waals surface area contributed by atoms with Crippen LogP contribution in [0.2, 0.25) is 0 Å². The number of nitrogens with zero attached hydrogens (tertiary/aromatic N) is 2. The van der Waals surface area contributed by atoms with Gasteiger partial charge in [0.1, 0.15) is 0 Å². The standard InChI is InChI=1S/C19H22N2O5/c1-13(15-6-5-7-16(12-15)21(23)24)20(2)19(22)11-14-8-9-17(25-3)18(10-14)26-4/h5-10,12-13H,11H2,1-4H3/t13-/m0/s1. The molecule has 0 N–H and O–H groups in total. The maximum Gasteiger partial charge on any atom is 0.269 e. The van der Waals surface area contributed by atoms with E-state index >= 15 is 0 Å². The lowest BCUT2D eigenvalue weighted by Gasteiger charge is -2.25. The lowest BCUT2D eigenvalue weighted by atomic mass is 10.0. The smallest absolute Gasteiger partial charge is 0.269 e. The van der Waals surface area contributed by atoms with Gasteiger partial charge in [0.25, 0.3) is 5.69 Å². The highest BCUT2D eigenvalue weighted by atomic mass is 16.6. The number of benzene rings is 2. The van der Waals surface area contributed by atoms with Gasteiger partial charge in [-0.3, -0.25) is 14.9 Å². The Kier molecular flexibility index (Phi) is 6.16. The number of nitro benzene ring substituents is 1. The Labute approximate surface area is 152 Å². The van der Waals surface area contributed by atoms with Crippen molar-refractivity contribution in [3.05, 3.63) is 63.7 Å². The van der Waals surface area contributed by atoms with Gasteiger partial charge in [0.05, 0.1) is 31.6 Å². The van der Waals surface area contributed by atoms with Gasteiger partial charge in [-0.15, -0.1) is 0 Å². The topological polar surface area (TPSA) is 81.9 Å². The monoisotopic (exact) mass is 358 g/mol. The highest BCUT2D eigenvalue weighted by Crippen LogP contribution is 2.28. The Bertz CT molecular complexity index is 806. The summed E-state index contributed by atoms with van der Waals surface area (Å²) in [6.45, 7) is 1.84. The number of likely N-dealkylation sites (N-methyl/N-ethyl adjacent to an activating group) is 1. The minimum Gasteiger partial charge on any atom is -0.493 e. The summed E-state index contributed by atoms with van der Waals surface area (Å²) >= 11 is 0. The Morgan fingerprint density at radius 3 is 2.46 bits per heavy atom. The summed E-state index contributed by atoms with van der Waals surface area (Å²) in [6.07, 6.45) is 0.191. The van der Waals surface area contributed by atoms with E-state index in [-0.39, 0.29) is 24.1 Å². The van der Waals surface area contributed by atoms with Crippen LogP contribution in [0, 0.1) is 10.1 Å². The van der Waals surface area contributed by atoms with E-state index in [0.717, 1.165) is 5.56 Å². The molecular formula is C19H22N2O5. The van der Waals surface area contributed by atoms with E-state index in [1.54, 1.807) is 50.4 Å². The van der Waals surface area contributed by atoms with Crippen LogP contribution < -0.4 is 9.47 Å². The lowest BCUT2D eigenvalue weighted by molar-refractivity contribution is -0.384. The molecule has 0 unspecified atom stereocenters. The van der Waals surface area contributed by atoms with E-state index in [4.69, 9.17) is 9.47 Å². The van der Waals surface area contributed by atoms with Crippen molar-refractivity contribution in [2.75, 3.05) is 21.3 Å². The fourth-order valence-electron chi connectivity index (χ4n) is 2.63. The van der Waals surface area contributed by atoms with E-state index in [1.807, 2.05) is 13.0 Å². The van der Waals surface area contributed by atoms with E-state index < -0.39 is 4.92 Å². The lowest BCUT2D eigenvalue weighted by Crippen LogP contribution is -2.31. The van der Waals surface area contributed by atoms with E-state index in [9.17, 15) is 14.9 Å². The van der Waals surface area contributed by atoms with Gasteiger partial charge >= 0.3 is 0 Å². The predicted molar refractivity (Wildman–Crippen MR) is 97.5 cm³/mol. The van der Waals surface area contributed by atoms with Gasteiger partial charge in [-0.1, -0.05) is 18.2 Å². The molecule has 0 fully saturated rings. The Morgan fingerprint density at radius 1 is 1.15 bits per heavy atom. The van der Waals surface area contributed by atoms with Crippen molar-refractivity contribution < 1.29 is 19.2 Å². The van der Waals surface area contributed by atoms with Gasteiger partial charge in [-0.2, -0.15) is 0 Å². The largest absolute Gasteiger partial charge is 0.493 e. The average molecular weight is 358 g/mol. The summed E-state index contributed by atoms with van der Waals surface area (Å²) in [5.74, 6) is 1.06. The van der Waals surface area contributed by atoms with Crippen LogP contribution >= 0.6 is 0 Å². The quantitative estimate of drug-likeness (QED) is 0.560. The van der Waals surface area contributed by atoms with Crippen LogP contribution in [0.5, 0.6) is 11.5 Å². The summed E-state index contributed by atoms with van der Waals surface area (Å²) in [5, 5.41) is 10.9. The molecule has 0 bridgehead atoms. The van der Waals surface area contributed by atoms with E-state index in [1.165, 1.54) is 12.1 Å². The van der Waals surface area contributed by atoms with Gasteiger partial charge in [-0.05, 0) is 30.2 Å². The first-order valence-corrected chi connectivity index (χ1v) is 8.08. The van der Waals surface area contributed by atoms with Crippen LogP contribution in [0.3, 0.4) is 0 Å². The van der Waals surface area contributed by atoms with Crippen molar-refractivity contribution in [2.24, 2.45) is 0 Å². The maximum absolute atomic E-state index is 12.6. The Hall–Kier alpha value is -3.09. The molecule has 1 amide bonds. The first kappa shape index (κ1) is 19.2. The van der Waals surface area contributed by atoms with Crippen LogP contribution in [0.4, 0.5) is 5.69 Å². The average Bonchev–Trinajstić information content (AvgIpc) is 2.66. The van der Waals surface area contributed by atoms with E-state index in [0.29, 0.717) is 17.1 Å². The molecule has 26 heavy (non-hydrogen) atoms. The van der Waals surface area contributed by atoms with Crippen molar-refractivity contribution >= 4 is 11.6 Å². The second-order valence-electron chi connectivity index (χ2n) is 5.90. The molecule has 0 aromatic heterocycles. The summed E-state index contributed by atoms with van der Waals surface area (Å²) in [4.78, 5) is 24.7. The van der Waals surface area contributed by atoms with Gasteiger partial charge in [-0.25, -0.2) is 0 Å². The second-order valence-corrected chi connectivity index (χ2v) is 5.90. The number of non-ortho nitro benzene ring substituents is 1. The third kappa shape index (κ3) is 4.30. The van der Waals surface area contributed by atoms with Gasteiger partial charge in [0, 0.05) is 19.2 Å². The van der Waals surface area contributed by atoms with Crippen LogP contribution in [-0.4, -0.2) is 37.0 Å². The number of rotatable bonds is 7. The molecule has 0 aliphatic heterocycles. The molecule has 0 aliphatic carbocycles. The number of methoxy groups -OCH3 is 2. The van der Waals surface area contributed by atoms with Crippen molar-refractivity contribution in [3.8, 4) is 11.5 Å². The van der Waals surface area contributed by atoms with Crippen molar-refractivity contribution in [1.82, 2.24) is 4.90 Å². The number of carbonyl (C=O) groups is 1. The first-order chi connectivity index (χ1) is 12.4. The van der Waals surface area contributed by atoms with Crippen LogP contribution in [0.1, 0.15) is 24.1 Å². The fraction of sp³-hybridized carbons (Fsp3) is 0.316. The molecule has 2 aromatic rings. The Balaban J connectivity index is 2.14. The SMILES string of the molecule is COc1ccc(CC(=O)N(C)[C@@H](C)c2cccc([N+](=O)[O-])c2)cc1OC. The van der Waals surface area contributed by atoms with Crippen molar-refractivity contribution in [2.45, 2.75) is 19.4 Å². The first-order valence-electron chi connectivity index (χ1n) is 8.08. The van der Waals surface area contributed by atoms with Gasteiger partial charge in [0.15, 0.2) is 11.5 Å². The number of ether oxygens (including phenoxy) is 2. The number of nitro groups is 1. The molecule has 138 valence electrons. The molecule has 0 saturated heterocycles. The molecule has 0 saturated carbocycles. The normalized spacial score (nSPS) is 11.5. The zero-order valence-corrected chi connectivity index (χ0v) is 15.3. The zero-order valence-electron chi connectivity index (χ0n) is 15.3. The highest BCUT2D eigenvalue weighted by molar-refractivity contribution is 5.79. The number of hydrogen-bond acceptors (Lipinski definition) is 5. The summed E-state index contributed by atoms with van der Waals surface area (Å²) in [6, 6.07) is 11.4. The molecule has 1 atom stereocenters.